The van der Waals surface area contributed by atoms with Crippen molar-refractivity contribution in [3.63, 3.8) is 0 Å². The van der Waals surface area contributed by atoms with E-state index >= 15 is 0 Å². The van der Waals surface area contributed by atoms with Gasteiger partial charge in [-0.3, -0.25) is 0 Å². The van der Waals surface area contributed by atoms with Gasteiger partial charge in [-0.2, -0.15) is 5.26 Å². The molecule has 1 aliphatic carbocycles. The van der Waals surface area contributed by atoms with Crippen LogP contribution in [-0.4, -0.2) is 18.2 Å². The van der Waals surface area contributed by atoms with Crippen molar-refractivity contribution < 1.29 is 4.74 Å². The molecule has 1 heterocycles. The van der Waals surface area contributed by atoms with Gasteiger partial charge in [-0.05, 0) is 32.1 Å². The lowest BCUT2D eigenvalue weighted by molar-refractivity contribution is 0.301. The molecule has 1 aliphatic heterocycles. The van der Waals surface area contributed by atoms with Crippen LogP contribution in [0.1, 0.15) is 26.2 Å². The number of hydrogen-bond acceptors (Lipinski definition) is 3. The van der Waals surface area contributed by atoms with E-state index in [-0.39, 0.29) is 5.60 Å². The summed E-state index contributed by atoms with van der Waals surface area (Å²) in [5.41, 5.74) is 0.211. The summed E-state index contributed by atoms with van der Waals surface area (Å²) in [7, 11) is 0. The van der Waals surface area contributed by atoms with Gasteiger partial charge in [-0.15, -0.1) is 0 Å². The molecule has 0 aromatic rings. The van der Waals surface area contributed by atoms with Gasteiger partial charge in [0.2, 0.25) is 0 Å². The Labute approximate surface area is 72.7 Å². The number of nitriles is 1. The largest absolute Gasteiger partial charge is 0.366 e. The van der Waals surface area contributed by atoms with Gasteiger partial charge >= 0.3 is 0 Å². The maximum Gasteiger partial charge on any atom is 0.176 e. The van der Waals surface area contributed by atoms with E-state index in [1.807, 2.05) is 6.19 Å². The standard InChI is InChI=1S/C9H14N2O/c1-9-3-2-7(5-11-6-10)4-8(9)12-9/h7-8,11H,2-5H2,1H3. The zero-order valence-electron chi connectivity index (χ0n) is 7.34. The smallest absolute Gasteiger partial charge is 0.176 e. The minimum atomic E-state index is 0.211. The van der Waals surface area contributed by atoms with E-state index in [1.165, 1.54) is 6.42 Å². The molecule has 0 spiro atoms. The molecule has 1 saturated heterocycles. The molecule has 0 bridgehead atoms. The topological polar surface area (TPSA) is 48.4 Å². The molecular weight excluding hydrogens is 152 g/mol. The molecule has 3 heteroatoms. The highest BCUT2D eigenvalue weighted by Crippen LogP contribution is 2.48. The molecule has 3 nitrogen and oxygen atoms in total. The lowest BCUT2D eigenvalue weighted by atomic mass is 9.83. The van der Waals surface area contributed by atoms with Crippen LogP contribution in [0.4, 0.5) is 0 Å². The number of ether oxygens (including phenoxy) is 1. The molecule has 12 heavy (non-hydrogen) atoms. The molecule has 66 valence electrons. The lowest BCUT2D eigenvalue weighted by Crippen LogP contribution is -2.27. The fraction of sp³-hybridized carbons (Fsp3) is 0.889. The highest BCUT2D eigenvalue weighted by Gasteiger charge is 2.54. The summed E-state index contributed by atoms with van der Waals surface area (Å²) in [6.07, 6.45) is 5.93. The molecule has 1 N–H and O–H groups in total. The first-order valence-corrected chi connectivity index (χ1v) is 4.54. The van der Waals surface area contributed by atoms with Crippen molar-refractivity contribution in [3.8, 4) is 6.19 Å². The third-order valence-corrected chi connectivity index (χ3v) is 3.10. The van der Waals surface area contributed by atoms with E-state index in [0.717, 1.165) is 19.4 Å². The first kappa shape index (κ1) is 7.88. The highest BCUT2D eigenvalue weighted by atomic mass is 16.6. The van der Waals surface area contributed by atoms with Crippen molar-refractivity contribution >= 4 is 0 Å². The molecule has 2 rings (SSSR count). The fourth-order valence-electron chi connectivity index (χ4n) is 2.09. The number of epoxide rings is 1. The number of nitrogens with one attached hydrogen (secondary N) is 1. The fourth-order valence-corrected chi connectivity index (χ4v) is 2.09. The lowest BCUT2D eigenvalue weighted by Gasteiger charge is -2.21. The molecule has 2 aliphatic rings. The Morgan fingerprint density at radius 3 is 3.25 bits per heavy atom. The Morgan fingerprint density at radius 1 is 1.75 bits per heavy atom. The van der Waals surface area contributed by atoms with Crippen molar-refractivity contribution in [2.24, 2.45) is 5.92 Å². The second-order valence-corrected chi connectivity index (χ2v) is 4.05. The van der Waals surface area contributed by atoms with Crippen LogP contribution in [0.3, 0.4) is 0 Å². The van der Waals surface area contributed by atoms with Crippen molar-refractivity contribution in [1.29, 1.82) is 5.26 Å². The number of nitrogens with zero attached hydrogens (tertiary/aromatic N) is 1. The zero-order valence-corrected chi connectivity index (χ0v) is 7.34. The number of hydrogen-bond donors (Lipinski definition) is 1. The minimum Gasteiger partial charge on any atom is -0.366 e. The Bertz CT molecular complexity index is 223. The van der Waals surface area contributed by atoms with Crippen molar-refractivity contribution in [2.45, 2.75) is 37.9 Å². The van der Waals surface area contributed by atoms with Crippen molar-refractivity contribution in [2.75, 3.05) is 6.54 Å². The maximum atomic E-state index is 8.33. The average molecular weight is 166 g/mol. The van der Waals surface area contributed by atoms with Crippen LogP contribution >= 0.6 is 0 Å². The van der Waals surface area contributed by atoms with Gasteiger partial charge in [0.05, 0.1) is 11.7 Å². The summed E-state index contributed by atoms with van der Waals surface area (Å²) >= 11 is 0. The first-order chi connectivity index (χ1) is 5.74. The summed E-state index contributed by atoms with van der Waals surface area (Å²) in [6.45, 7) is 3.01. The van der Waals surface area contributed by atoms with Crippen LogP contribution in [0, 0.1) is 17.4 Å². The van der Waals surface area contributed by atoms with E-state index in [0.29, 0.717) is 12.0 Å². The third kappa shape index (κ3) is 1.27. The van der Waals surface area contributed by atoms with Gasteiger partial charge < -0.3 is 10.1 Å². The number of rotatable bonds is 2. The summed E-state index contributed by atoms with van der Waals surface area (Å²) in [5, 5.41) is 11.1. The molecule has 3 atom stereocenters. The normalized spacial score (nSPS) is 44.3. The Hall–Kier alpha value is -0.750. The first-order valence-electron chi connectivity index (χ1n) is 4.54. The van der Waals surface area contributed by atoms with E-state index in [4.69, 9.17) is 10.00 Å². The SMILES string of the molecule is CC12CCC(CNC#N)CC1O2. The predicted molar refractivity (Wildman–Crippen MR) is 44.2 cm³/mol. The van der Waals surface area contributed by atoms with Crippen LogP contribution in [0.2, 0.25) is 0 Å². The van der Waals surface area contributed by atoms with Crippen LogP contribution in [0.5, 0.6) is 0 Å². The quantitative estimate of drug-likeness (QED) is 0.378. The summed E-state index contributed by atoms with van der Waals surface area (Å²) in [4.78, 5) is 0. The van der Waals surface area contributed by atoms with Crippen LogP contribution in [-0.2, 0) is 4.74 Å². The zero-order chi connectivity index (χ0) is 8.60. The monoisotopic (exact) mass is 166 g/mol. The Morgan fingerprint density at radius 2 is 2.58 bits per heavy atom. The van der Waals surface area contributed by atoms with E-state index in [9.17, 15) is 0 Å². The second-order valence-electron chi connectivity index (χ2n) is 4.05. The molecule has 1 saturated carbocycles. The highest BCUT2D eigenvalue weighted by molar-refractivity contribution is 5.03. The maximum absolute atomic E-state index is 8.33. The predicted octanol–water partition coefficient (Wildman–Crippen LogP) is 1.01. The van der Waals surface area contributed by atoms with E-state index < -0.39 is 0 Å². The molecule has 0 aromatic carbocycles. The van der Waals surface area contributed by atoms with Gasteiger partial charge in [-0.25, -0.2) is 0 Å². The van der Waals surface area contributed by atoms with E-state index in [2.05, 4.69) is 12.2 Å². The van der Waals surface area contributed by atoms with Crippen LogP contribution in [0.25, 0.3) is 0 Å². The minimum absolute atomic E-state index is 0.211. The summed E-state index contributed by atoms with van der Waals surface area (Å²) in [5.74, 6) is 0.644. The Balaban J connectivity index is 1.79. The van der Waals surface area contributed by atoms with Gasteiger partial charge in [0, 0.05) is 6.54 Å². The molecule has 0 radical (unpaired) electrons. The van der Waals surface area contributed by atoms with Crippen molar-refractivity contribution in [1.82, 2.24) is 5.32 Å². The van der Waals surface area contributed by atoms with Gasteiger partial charge in [0.1, 0.15) is 0 Å². The molecule has 2 fully saturated rings. The summed E-state index contributed by atoms with van der Waals surface area (Å²) in [6, 6.07) is 0. The molecular formula is C9H14N2O. The number of fused-ring (bicyclic) bond motifs is 1. The molecule has 0 aromatic heterocycles. The average Bonchev–Trinajstić information content (AvgIpc) is 2.72. The molecule has 3 unspecified atom stereocenters. The molecule has 0 amide bonds. The van der Waals surface area contributed by atoms with Crippen LogP contribution in [0.15, 0.2) is 0 Å². The second kappa shape index (κ2) is 2.63. The van der Waals surface area contributed by atoms with Crippen molar-refractivity contribution in [3.05, 3.63) is 0 Å². The summed E-state index contributed by atoms with van der Waals surface area (Å²) < 4.78 is 5.56. The van der Waals surface area contributed by atoms with Gasteiger partial charge in [0.25, 0.3) is 0 Å². The van der Waals surface area contributed by atoms with Gasteiger partial charge in [0.15, 0.2) is 6.19 Å². The Kier molecular flexibility index (Phi) is 1.73. The van der Waals surface area contributed by atoms with Crippen LogP contribution < -0.4 is 5.32 Å². The van der Waals surface area contributed by atoms with Gasteiger partial charge in [-0.1, -0.05) is 0 Å². The van der Waals surface area contributed by atoms with E-state index in [1.54, 1.807) is 0 Å². The third-order valence-electron chi connectivity index (χ3n) is 3.10.